The van der Waals surface area contributed by atoms with E-state index in [1.54, 1.807) is 0 Å². The van der Waals surface area contributed by atoms with Crippen molar-refractivity contribution in [1.82, 2.24) is 4.90 Å². The molecule has 0 N–H and O–H groups in total. The fraction of sp³-hybridized carbons (Fsp3) is 0.533. The maximum Gasteiger partial charge on any atom is 0.179 e. The first-order valence-electron chi connectivity index (χ1n) is 6.52. The van der Waals surface area contributed by atoms with Crippen LogP contribution in [0.15, 0.2) is 30.3 Å². The molecule has 0 spiro atoms. The second kappa shape index (κ2) is 5.46. The van der Waals surface area contributed by atoms with E-state index in [4.69, 9.17) is 0 Å². The van der Waals surface area contributed by atoms with E-state index in [0.717, 1.165) is 24.6 Å². The highest BCUT2D eigenvalue weighted by molar-refractivity contribution is 5.99. The van der Waals surface area contributed by atoms with Gasteiger partial charge in [-0.3, -0.25) is 9.69 Å². The van der Waals surface area contributed by atoms with Gasteiger partial charge in [0.05, 0.1) is 6.04 Å². The summed E-state index contributed by atoms with van der Waals surface area (Å²) in [5.41, 5.74) is 0.832. The van der Waals surface area contributed by atoms with E-state index in [1.807, 2.05) is 37.3 Å². The van der Waals surface area contributed by atoms with E-state index in [9.17, 15) is 4.79 Å². The van der Waals surface area contributed by atoms with Gasteiger partial charge in [-0.2, -0.15) is 0 Å². The first kappa shape index (κ1) is 12.3. The molecule has 0 radical (unpaired) electrons. The van der Waals surface area contributed by atoms with Crippen LogP contribution in [0.3, 0.4) is 0 Å². The molecule has 17 heavy (non-hydrogen) atoms. The summed E-state index contributed by atoms with van der Waals surface area (Å²) in [5, 5.41) is 0. The van der Waals surface area contributed by atoms with Crippen LogP contribution in [-0.4, -0.2) is 29.8 Å². The highest BCUT2D eigenvalue weighted by Gasteiger charge is 2.25. The second-order valence-electron chi connectivity index (χ2n) is 5.15. The molecule has 1 aliphatic rings. The fourth-order valence-corrected chi connectivity index (χ4v) is 2.59. The topological polar surface area (TPSA) is 20.3 Å². The number of carbonyl (C=O) groups is 1. The van der Waals surface area contributed by atoms with E-state index >= 15 is 0 Å². The third kappa shape index (κ3) is 2.95. The number of likely N-dealkylation sites (tertiary alicyclic amines) is 1. The summed E-state index contributed by atoms with van der Waals surface area (Å²) in [6.07, 6.45) is 2.51. The average Bonchev–Trinajstić information content (AvgIpc) is 2.38. The maximum atomic E-state index is 12.3. The molecule has 1 saturated heterocycles. The molecular weight excluding hydrogens is 210 g/mol. The van der Waals surface area contributed by atoms with Crippen LogP contribution in [0.2, 0.25) is 0 Å². The van der Waals surface area contributed by atoms with Gasteiger partial charge in [-0.15, -0.1) is 0 Å². The summed E-state index contributed by atoms with van der Waals surface area (Å²) in [4.78, 5) is 14.6. The van der Waals surface area contributed by atoms with Crippen molar-refractivity contribution in [1.29, 1.82) is 0 Å². The van der Waals surface area contributed by atoms with E-state index in [1.165, 1.54) is 12.8 Å². The maximum absolute atomic E-state index is 12.3. The lowest BCUT2D eigenvalue weighted by atomic mass is 9.96. The second-order valence-corrected chi connectivity index (χ2v) is 5.15. The minimum Gasteiger partial charge on any atom is -0.293 e. The van der Waals surface area contributed by atoms with Gasteiger partial charge in [-0.1, -0.05) is 37.3 Å². The molecular formula is C15H21NO. The number of benzene rings is 1. The molecule has 0 bridgehead atoms. The summed E-state index contributed by atoms with van der Waals surface area (Å²) < 4.78 is 0. The molecule has 1 fully saturated rings. The van der Waals surface area contributed by atoms with Crippen LogP contribution < -0.4 is 0 Å². The molecule has 2 nitrogen and oxygen atoms in total. The Kier molecular flexibility index (Phi) is 3.95. The van der Waals surface area contributed by atoms with E-state index in [2.05, 4.69) is 11.8 Å². The summed E-state index contributed by atoms with van der Waals surface area (Å²) in [6, 6.07) is 9.64. The molecule has 1 aromatic rings. The summed E-state index contributed by atoms with van der Waals surface area (Å²) in [7, 11) is 0. The number of ketones is 1. The van der Waals surface area contributed by atoms with Crippen molar-refractivity contribution in [3.8, 4) is 0 Å². The zero-order chi connectivity index (χ0) is 12.3. The Hall–Kier alpha value is -1.15. The lowest BCUT2D eigenvalue weighted by Gasteiger charge is -2.34. The van der Waals surface area contributed by atoms with Crippen LogP contribution in [-0.2, 0) is 0 Å². The molecule has 2 heteroatoms. The highest BCUT2D eigenvalue weighted by Crippen LogP contribution is 2.19. The number of rotatable bonds is 3. The largest absolute Gasteiger partial charge is 0.293 e. The molecule has 0 saturated carbocycles. The van der Waals surface area contributed by atoms with E-state index in [0.29, 0.717) is 0 Å². The minimum atomic E-state index is 0.0140. The van der Waals surface area contributed by atoms with E-state index < -0.39 is 0 Å². The molecule has 2 rings (SSSR count). The molecule has 0 amide bonds. The van der Waals surface area contributed by atoms with Crippen molar-refractivity contribution in [2.45, 2.75) is 32.7 Å². The number of hydrogen-bond acceptors (Lipinski definition) is 2. The summed E-state index contributed by atoms with van der Waals surface area (Å²) in [5.74, 6) is 0.967. The first-order valence-corrected chi connectivity index (χ1v) is 6.52. The van der Waals surface area contributed by atoms with Crippen molar-refractivity contribution in [2.24, 2.45) is 5.92 Å². The van der Waals surface area contributed by atoms with Crippen LogP contribution in [0.4, 0.5) is 0 Å². The molecule has 0 aromatic heterocycles. The number of carbonyl (C=O) groups excluding carboxylic acids is 1. The van der Waals surface area contributed by atoms with Crippen molar-refractivity contribution in [3.05, 3.63) is 35.9 Å². The monoisotopic (exact) mass is 231 g/mol. The van der Waals surface area contributed by atoms with Crippen molar-refractivity contribution in [3.63, 3.8) is 0 Å². The number of nitrogens with zero attached hydrogens (tertiary/aromatic N) is 1. The average molecular weight is 231 g/mol. The van der Waals surface area contributed by atoms with Crippen molar-refractivity contribution in [2.75, 3.05) is 13.1 Å². The van der Waals surface area contributed by atoms with Crippen LogP contribution in [0.1, 0.15) is 37.0 Å². The predicted octanol–water partition coefficient (Wildman–Crippen LogP) is 2.99. The zero-order valence-electron chi connectivity index (χ0n) is 10.7. The number of Topliss-reactive ketones (excluding diaryl/α,β-unsaturated/α-hetero) is 1. The molecule has 1 aromatic carbocycles. The Bertz CT molecular complexity index is 374. The smallest absolute Gasteiger partial charge is 0.179 e. The quantitative estimate of drug-likeness (QED) is 0.745. The van der Waals surface area contributed by atoms with Crippen LogP contribution in [0.5, 0.6) is 0 Å². The molecule has 1 heterocycles. The van der Waals surface area contributed by atoms with Crippen molar-refractivity contribution >= 4 is 5.78 Å². The normalized spacial score (nSPS) is 23.3. The fourth-order valence-electron chi connectivity index (χ4n) is 2.59. The zero-order valence-corrected chi connectivity index (χ0v) is 10.7. The number of piperidine rings is 1. The minimum absolute atomic E-state index is 0.0140. The van der Waals surface area contributed by atoms with Gasteiger partial charge in [0.15, 0.2) is 5.78 Å². The van der Waals surface area contributed by atoms with Crippen LogP contribution in [0.25, 0.3) is 0 Å². The SMILES string of the molecule is CC1CCCN(C(C)C(=O)c2ccccc2)C1. The number of hydrogen-bond donors (Lipinski definition) is 0. The highest BCUT2D eigenvalue weighted by atomic mass is 16.1. The third-order valence-electron chi connectivity index (χ3n) is 3.67. The Morgan fingerprint density at radius 2 is 2.06 bits per heavy atom. The Balaban J connectivity index is 2.04. The van der Waals surface area contributed by atoms with Gasteiger partial charge in [0, 0.05) is 12.1 Å². The third-order valence-corrected chi connectivity index (χ3v) is 3.67. The van der Waals surface area contributed by atoms with Gasteiger partial charge in [-0.25, -0.2) is 0 Å². The van der Waals surface area contributed by atoms with Crippen molar-refractivity contribution < 1.29 is 4.79 Å². The van der Waals surface area contributed by atoms with E-state index in [-0.39, 0.29) is 11.8 Å². The van der Waals surface area contributed by atoms with Gasteiger partial charge in [0.25, 0.3) is 0 Å². The van der Waals surface area contributed by atoms with Gasteiger partial charge in [-0.05, 0) is 32.2 Å². The van der Waals surface area contributed by atoms with Gasteiger partial charge in [0.2, 0.25) is 0 Å². The Morgan fingerprint density at radius 3 is 2.71 bits per heavy atom. The lowest BCUT2D eigenvalue weighted by Crippen LogP contribution is -2.44. The molecule has 92 valence electrons. The first-order chi connectivity index (χ1) is 8.18. The van der Waals surface area contributed by atoms with Crippen LogP contribution in [0, 0.1) is 5.92 Å². The summed E-state index contributed by atoms with van der Waals surface area (Å²) >= 11 is 0. The lowest BCUT2D eigenvalue weighted by molar-refractivity contribution is 0.0765. The molecule has 2 atom stereocenters. The molecule has 1 aliphatic heterocycles. The van der Waals surface area contributed by atoms with Gasteiger partial charge >= 0.3 is 0 Å². The van der Waals surface area contributed by atoms with Crippen LogP contribution >= 0.6 is 0 Å². The standard InChI is InChI=1S/C15H21NO/c1-12-7-6-10-16(11-12)13(2)15(17)14-8-4-3-5-9-14/h3-5,8-9,12-13H,6-7,10-11H2,1-2H3. The molecule has 2 unspecified atom stereocenters. The summed E-state index contributed by atoms with van der Waals surface area (Å²) in [6.45, 7) is 6.42. The Morgan fingerprint density at radius 1 is 1.35 bits per heavy atom. The predicted molar refractivity (Wildman–Crippen MR) is 70.2 cm³/mol. The Labute approximate surface area is 104 Å². The molecule has 0 aliphatic carbocycles. The van der Waals surface area contributed by atoms with Gasteiger partial charge in [0.1, 0.15) is 0 Å². The van der Waals surface area contributed by atoms with Gasteiger partial charge < -0.3 is 0 Å².